The van der Waals surface area contributed by atoms with Crippen LogP contribution in [0.25, 0.3) is 0 Å². The van der Waals surface area contributed by atoms with Crippen LogP contribution in [-0.2, 0) is 27.2 Å². The number of ether oxygens (including phenoxy) is 1. The van der Waals surface area contributed by atoms with Crippen LogP contribution in [0, 0.1) is 11.3 Å². The molecular weight excluding hydrogens is 394 g/mol. The molecule has 4 rings (SSSR count). The van der Waals surface area contributed by atoms with Crippen molar-refractivity contribution >= 4 is 17.6 Å². The van der Waals surface area contributed by atoms with Crippen molar-refractivity contribution in [1.82, 2.24) is 15.2 Å². The predicted octanol–water partition coefficient (Wildman–Crippen LogP) is 1.51. The highest BCUT2D eigenvalue weighted by Gasteiger charge is 2.31. The van der Waals surface area contributed by atoms with Crippen LogP contribution in [0.3, 0.4) is 0 Å². The van der Waals surface area contributed by atoms with Gasteiger partial charge in [-0.05, 0) is 49.1 Å². The van der Waals surface area contributed by atoms with Gasteiger partial charge in [0.05, 0.1) is 11.7 Å². The van der Waals surface area contributed by atoms with Crippen LogP contribution in [0.5, 0.6) is 0 Å². The maximum Gasteiger partial charge on any atom is 0.312 e. The van der Waals surface area contributed by atoms with Crippen molar-refractivity contribution < 1.29 is 14.3 Å². The second-order valence-corrected chi connectivity index (χ2v) is 8.90. The molecule has 3 heterocycles. The first kappa shape index (κ1) is 21.6. The molecular formula is C23H31N5O3. The van der Waals surface area contributed by atoms with Gasteiger partial charge >= 0.3 is 11.8 Å². The fourth-order valence-corrected chi connectivity index (χ4v) is 4.85. The Kier molecular flexibility index (Phi) is 6.42. The van der Waals surface area contributed by atoms with Gasteiger partial charge in [0, 0.05) is 45.0 Å². The molecule has 1 atom stereocenters. The number of hydrogen-bond donors (Lipinski definition) is 1. The largest absolute Gasteiger partial charge is 0.376 e. The van der Waals surface area contributed by atoms with Gasteiger partial charge in [-0.2, -0.15) is 5.26 Å². The molecule has 2 fully saturated rings. The molecule has 1 aromatic heterocycles. The third-order valence-corrected chi connectivity index (χ3v) is 6.51. The summed E-state index contributed by atoms with van der Waals surface area (Å²) in [7, 11) is 0. The van der Waals surface area contributed by atoms with Gasteiger partial charge < -0.3 is 19.9 Å². The van der Waals surface area contributed by atoms with Crippen LogP contribution in [0.15, 0.2) is 0 Å². The van der Waals surface area contributed by atoms with Gasteiger partial charge in [-0.3, -0.25) is 9.59 Å². The summed E-state index contributed by atoms with van der Waals surface area (Å²) in [5, 5.41) is 12.6. The second kappa shape index (κ2) is 9.23. The molecule has 1 aliphatic carbocycles. The fourth-order valence-electron chi connectivity index (χ4n) is 4.85. The predicted molar refractivity (Wildman–Crippen MR) is 116 cm³/mol. The quantitative estimate of drug-likeness (QED) is 0.735. The van der Waals surface area contributed by atoms with Crippen LogP contribution in [0.2, 0.25) is 0 Å². The Morgan fingerprint density at radius 3 is 2.58 bits per heavy atom. The van der Waals surface area contributed by atoms with Gasteiger partial charge in [-0.1, -0.05) is 13.8 Å². The monoisotopic (exact) mass is 425 g/mol. The number of aromatic nitrogens is 1. The van der Waals surface area contributed by atoms with Crippen LogP contribution in [0.1, 0.15) is 61.4 Å². The third kappa shape index (κ3) is 4.38. The summed E-state index contributed by atoms with van der Waals surface area (Å²) < 4.78 is 5.49. The van der Waals surface area contributed by atoms with Gasteiger partial charge in [0.2, 0.25) is 0 Å². The first-order valence-electron chi connectivity index (χ1n) is 11.4. The second-order valence-electron chi connectivity index (χ2n) is 8.90. The molecule has 2 amide bonds. The molecule has 2 saturated heterocycles. The first-order chi connectivity index (χ1) is 15.0. The van der Waals surface area contributed by atoms with E-state index in [4.69, 9.17) is 9.72 Å². The molecule has 2 aliphatic heterocycles. The van der Waals surface area contributed by atoms with Gasteiger partial charge in [-0.15, -0.1) is 0 Å². The number of nitrogens with one attached hydrogen (secondary N) is 1. The Bertz CT molecular complexity index is 893. The van der Waals surface area contributed by atoms with Crippen LogP contribution >= 0.6 is 0 Å². The van der Waals surface area contributed by atoms with E-state index in [-0.39, 0.29) is 6.10 Å². The average molecular weight is 426 g/mol. The molecule has 0 radical (unpaired) electrons. The number of fused-ring (bicyclic) bond motifs is 1. The topological polar surface area (TPSA) is 98.6 Å². The lowest BCUT2D eigenvalue weighted by Crippen LogP contribution is -2.53. The minimum atomic E-state index is -0.570. The van der Waals surface area contributed by atoms with E-state index < -0.39 is 11.8 Å². The Morgan fingerprint density at radius 2 is 1.94 bits per heavy atom. The lowest BCUT2D eigenvalue weighted by Gasteiger charge is -2.36. The van der Waals surface area contributed by atoms with E-state index in [0.29, 0.717) is 44.2 Å². The third-order valence-electron chi connectivity index (χ3n) is 6.51. The smallest absolute Gasteiger partial charge is 0.312 e. The summed E-state index contributed by atoms with van der Waals surface area (Å²) in [6.45, 7) is 7.37. The zero-order chi connectivity index (χ0) is 22.0. The number of hydrogen-bond acceptors (Lipinski definition) is 6. The Balaban J connectivity index is 1.42. The Labute approximate surface area is 183 Å². The van der Waals surface area contributed by atoms with Gasteiger partial charge in [0.15, 0.2) is 0 Å². The van der Waals surface area contributed by atoms with E-state index in [0.717, 1.165) is 55.8 Å². The standard InChI is InChI=1S/C23H31N5O3/c1-15(2)20-18-7-3-6-17(18)19(13-24)21(26-20)27-8-10-28(11-9-27)23(30)22(29)25-14-16-5-4-12-31-16/h15-16H,3-12,14H2,1-2H3,(H,25,29)/t16-/m1/s1. The minimum Gasteiger partial charge on any atom is -0.376 e. The fraction of sp³-hybridized carbons (Fsp3) is 0.652. The normalized spacial score (nSPS) is 20.6. The molecule has 3 aliphatic rings. The number of anilines is 1. The van der Waals surface area contributed by atoms with E-state index in [9.17, 15) is 14.9 Å². The minimum absolute atomic E-state index is 0.0130. The van der Waals surface area contributed by atoms with Crippen molar-refractivity contribution in [3.05, 3.63) is 22.4 Å². The molecule has 0 bridgehead atoms. The van der Waals surface area contributed by atoms with E-state index in [1.54, 1.807) is 4.90 Å². The maximum atomic E-state index is 12.6. The Hall–Kier alpha value is -2.66. The lowest BCUT2D eigenvalue weighted by atomic mass is 9.97. The van der Waals surface area contributed by atoms with Gasteiger partial charge in [0.25, 0.3) is 0 Å². The first-order valence-corrected chi connectivity index (χ1v) is 11.4. The van der Waals surface area contributed by atoms with Crippen molar-refractivity contribution in [3.8, 4) is 6.07 Å². The number of nitriles is 1. The molecule has 166 valence electrons. The SMILES string of the molecule is CC(C)c1nc(N2CCN(C(=O)C(=O)NC[C@H]3CCCO3)CC2)c(C#N)c2c1CCC2. The number of pyridine rings is 1. The van der Waals surface area contributed by atoms with Crippen molar-refractivity contribution in [3.63, 3.8) is 0 Å². The highest BCUT2D eigenvalue weighted by atomic mass is 16.5. The van der Waals surface area contributed by atoms with Crippen LogP contribution in [0.4, 0.5) is 5.82 Å². The van der Waals surface area contributed by atoms with E-state index in [1.165, 1.54) is 5.56 Å². The van der Waals surface area contributed by atoms with Crippen molar-refractivity contribution in [2.24, 2.45) is 0 Å². The highest BCUT2D eigenvalue weighted by molar-refractivity contribution is 6.35. The van der Waals surface area contributed by atoms with E-state index in [2.05, 4.69) is 30.1 Å². The number of rotatable bonds is 4. The number of carbonyl (C=O) groups is 2. The molecule has 0 aromatic carbocycles. The van der Waals surface area contributed by atoms with Crippen molar-refractivity contribution in [2.45, 2.75) is 58.0 Å². The molecule has 0 saturated carbocycles. The molecule has 0 spiro atoms. The van der Waals surface area contributed by atoms with Crippen molar-refractivity contribution in [1.29, 1.82) is 5.26 Å². The summed E-state index contributed by atoms with van der Waals surface area (Å²) >= 11 is 0. The molecule has 1 N–H and O–H groups in total. The van der Waals surface area contributed by atoms with Gasteiger partial charge in [0.1, 0.15) is 11.9 Å². The summed E-state index contributed by atoms with van der Waals surface area (Å²) in [5.41, 5.74) is 4.19. The lowest BCUT2D eigenvalue weighted by molar-refractivity contribution is -0.146. The summed E-state index contributed by atoms with van der Waals surface area (Å²) in [4.78, 5) is 33.4. The number of carbonyl (C=O) groups excluding carboxylic acids is 2. The van der Waals surface area contributed by atoms with E-state index in [1.807, 2.05) is 0 Å². The van der Waals surface area contributed by atoms with Crippen molar-refractivity contribution in [2.75, 3.05) is 44.2 Å². The molecule has 8 heteroatoms. The van der Waals surface area contributed by atoms with E-state index >= 15 is 0 Å². The summed E-state index contributed by atoms with van der Waals surface area (Å²) in [6.07, 6.45) is 4.92. The zero-order valence-electron chi connectivity index (χ0n) is 18.4. The number of piperazine rings is 1. The van der Waals surface area contributed by atoms with Gasteiger partial charge in [-0.25, -0.2) is 4.98 Å². The Morgan fingerprint density at radius 1 is 1.19 bits per heavy atom. The zero-order valence-corrected chi connectivity index (χ0v) is 18.4. The number of amides is 2. The molecule has 8 nitrogen and oxygen atoms in total. The number of nitrogens with zero attached hydrogens (tertiary/aromatic N) is 4. The molecule has 1 aromatic rings. The van der Waals surface area contributed by atoms with Crippen LogP contribution in [-0.4, -0.2) is 67.1 Å². The summed E-state index contributed by atoms with van der Waals surface area (Å²) in [6, 6.07) is 2.39. The summed E-state index contributed by atoms with van der Waals surface area (Å²) in [5.74, 6) is -0.0297. The highest BCUT2D eigenvalue weighted by Crippen LogP contribution is 2.35. The van der Waals surface area contributed by atoms with Crippen LogP contribution < -0.4 is 10.2 Å². The molecule has 0 unspecified atom stereocenters. The average Bonchev–Trinajstić information content (AvgIpc) is 3.48. The maximum absolute atomic E-state index is 12.6. The molecule has 31 heavy (non-hydrogen) atoms.